The lowest BCUT2D eigenvalue weighted by Gasteiger charge is -2.25. The Labute approximate surface area is 210 Å². The Balaban J connectivity index is 1.52. The molecule has 3 aromatic rings. The molecule has 35 heavy (non-hydrogen) atoms. The van der Waals surface area contributed by atoms with Crippen LogP contribution in [0.2, 0.25) is 0 Å². The van der Waals surface area contributed by atoms with Crippen molar-refractivity contribution in [3.8, 4) is 0 Å². The number of hydrazine groups is 1. The highest BCUT2D eigenvalue weighted by Gasteiger charge is 2.21. The van der Waals surface area contributed by atoms with Crippen molar-refractivity contribution in [1.82, 2.24) is 5.43 Å². The van der Waals surface area contributed by atoms with Gasteiger partial charge in [-0.1, -0.05) is 60.7 Å². The second kappa shape index (κ2) is 11.5. The molecule has 1 aliphatic heterocycles. The molecular formula is C31H36N4. The summed E-state index contributed by atoms with van der Waals surface area (Å²) in [6.07, 6.45) is 11.0. The van der Waals surface area contributed by atoms with Gasteiger partial charge in [0.1, 0.15) is 0 Å². The highest BCUT2D eigenvalue weighted by Crippen LogP contribution is 2.24. The molecule has 1 unspecified atom stereocenters. The molecule has 0 fully saturated rings. The number of rotatable bonds is 9. The van der Waals surface area contributed by atoms with Crippen LogP contribution in [0.5, 0.6) is 0 Å². The fourth-order valence-corrected chi connectivity index (χ4v) is 4.23. The minimum atomic E-state index is 0.107. The van der Waals surface area contributed by atoms with E-state index in [0.29, 0.717) is 0 Å². The molecule has 0 aliphatic carbocycles. The third-order valence-corrected chi connectivity index (χ3v) is 6.30. The van der Waals surface area contributed by atoms with E-state index >= 15 is 0 Å². The minimum absolute atomic E-state index is 0.107. The fraction of sp³-hybridized carbons (Fsp3) is 0.226. The number of anilines is 3. The number of hydrogen-bond donors (Lipinski definition) is 1. The minimum Gasteiger partial charge on any atom is -0.378 e. The predicted molar refractivity (Wildman–Crippen MR) is 153 cm³/mol. The third kappa shape index (κ3) is 6.15. The maximum Gasteiger partial charge on any atom is 0.0892 e. The van der Waals surface area contributed by atoms with E-state index in [1.807, 2.05) is 6.07 Å². The smallest absolute Gasteiger partial charge is 0.0892 e. The number of nitrogens with one attached hydrogen (secondary N) is 1. The summed E-state index contributed by atoms with van der Waals surface area (Å²) in [5.74, 6) is 0. The molecule has 1 heterocycles. The van der Waals surface area contributed by atoms with Gasteiger partial charge in [-0.25, -0.2) is 0 Å². The lowest BCUT2D eigenvalue weighted by Crippen LogP contribution is -2.37. The Morgan fingerprint density at radius 1 is 0.743 bits per heavy atom. The van der Waals surface area contributed by atoms with E-state index in [0.717, 1.165) is 24.5 Å². The Kier molecular flexibility index (Phi) is 7.94. The van der Waals surface area contributed by atoms with E-state index in [9.17, 15) is 0 Å². The van der Waals surface area contributed by atoms with Gasteiger partial charge in [-0.3, -0.25) is 10.4 Å². The molecule has 4 heteroatoms. The van der Waals surface area contributed by atoms with Gasteiger partial charge in [-0.05, 0) is 73.5 Å². The first-order chi connectivity index (χ1) is 17.1. The second-order valence-electron chi connectivity index (χ2n) is 8.87. The maximum absolute atomic E-state index is 3.57. The average molecular weight is 465 g/mol. The van der Waals surface area contributed by atoms with Crippen LogP contribution in [0.3, 0.4) is 0 Å². The van der Waals surface area contributed by atoms with E-state index in [-0.39, 0.29) is 6.04 Å². The van der Waals surface area contributed by atoms with Gasteiger partial charge >= 0.3 is 0 Å². The molecular weight excluding hydrogens is 428 g/mol. The number of allylic oxidation sites excluding steroid dienone is 1. The predicted octanol–water partition coefficient (Wildman–Crippen LogP) is 6.60. The SMILES string of the molecule is CCN(CC)c1ccc(C=CC2C=C(C=Cc3ccc(N(C)C)cc3)NN2c2ccccc2)cc1. The first-order valence-electron chi connectivity index (χ1n) is 12.4. The Morgan fingerprint density at radius 2 is 1.34 bits per heavy atom. The quantitative estimate of drug-likeness (QED) is 0.385. The number of nitrogens with zero attached hydrogens (tertiary/aromatic N) is 3. The summed E-state index contributed by atoms with van der Waals surface area (Å²) < 4.78 is 0. The zero-order valence-corrected chi connectivity index (χ0v) is 21.2. The molecule has 3 aromatic carbocycles. The molecule has 4 rings (SSSR count). The monoisotopic (exact) mass is 464 g/mol. The molecule has 0 bridgehead atoms. The van der Waals surface area contributed by atoms with Gasteiger partial charge in [0, 0.05) is 38.6 Å². The Morgan fingerprint density at radius 3 is 1.94 bits per heavy atom. The van der Waals surface area contributed by atoms with Crippen LogP contribution in [0.4, 0.5) is 17.1 Å². The molecule has 0 radical (unpaired) electrons. The molecule has 1 aliphatic rings. The summed E-state index contributed by atoms with van der Waals surface area (Å²) in [5, 5.41) is 2.20. The summed E-state index contributed by atoms with van der Waals surface area (Å²) in [4.78, 5) is 4.47. The van der Waals surface area contributed by atoms with Gasteiger partial charge in [0.15, 0.2) is 0 Å². The summed E-state index contributed by atoms with van der Waals surface area (Å²) >= 11 is 0. The van der Waals surface area contributed by atoms with E-state index in [1.54, 1.807) is 0 Å². The molecule has 1 atom stereocenters. The molecule has 0 aromatic heterocycles. The van der Waals surface area contributed by atoms with Crippen molar-refractivity contribution in [2.24, 2.45) is 0 Å². The molecule has 0 saturated heterocycles. The normalized spacial score (nSPS) is 15.5. The van der Waals surface area contributed by atoms with Crippen molar-refractivity contribution in [2.45, 2.75) is 19.9 Å². The van der Waals surface area contributed by atoms with Crippen LogP contribution in [0, 0.1) is 0 Å². The first kappa shape index (κ1) is 24.2. The summed E-state index contributed by atoms with van der Waals surface area (Å²) in [6.45, 7) is 6.43. The average Bonchev–Trinajstić information content (AvgIpc) is 3.31. The lowest BCUT2D eigenvalue weighted by atomic mass is 10.1. The summed E-state index contributed by atoms with van der Waals surface area (Å²) in [7, 11) is 4.12. The maximum atomic E-state index is 3.57. The van der Waals surface area contributed by atoms with Crippen molar-refractivity contribution in [1.29, 1.82) is 0 Å². The van der Waals surface area contributed by atoms with Crippen molar-refractivity contribution >= 4 is 29.2 Å². The first-order valence-corrected chi connectivity index (χ1v) is 12.4. The van der Waals surface area contributed by atoms with Gasteiger partial charge in [-0.15, -0.1) is 0 Å². The largest absolute Gasteiger partial charge is 0.378 e. The number of benzene rings is 3. The van der Waals surface area contributed by atoms with Gasteiger partial charge in [-0.2, -0.15) is 0 Å². The van der Waals surface area contributed by atoms with Crippen molar-refractivity contribution < 1.29 is 0 Å². The zero-order valence-electron chi connectivity index (χ0n) is 21.2. The van der Waals surface area contributed by atoms with Crippen LogP contribution in [-0.4, -0.2) is 33.2 Å². The van der Waals surface area contributed by atoms with Crippen LogP contribution in [0.15, 0.2) is 103 Å². The third-order valence-electron chi connectivity index (χ3n) is 6.30. The van der Waals surface area contributed by atoms with Crippen LogP contribution < -0.4 is 20.2 Å². The highest BCUT2D eigenvalue weighted by molar-refractivity contribution is 5.62. The standard InChI is InChI=1S/C31H36N4/c1-5-34(6-2)29-21-15-26(16-22-29)17-23-31-24-27(32-35(31)30-10-8-7-9-11-30)18-12-25-13-19-28(20-14-25)33(3)4/h7-24,31-32H,5-6H2,1-4H3. The molecule has 180 valence electrons. The van der Waals surface area contributed by atoms with E-state index < -0.39 is 0 Å². The number of para-hydroxylation sites is 1. The van der Waals surface area contributed by atoms with Crippen LogP contribution >= 0.6 is 0 Å². The van der Waals surface area contributed by atoms with E-state index in [1.165, 1.54) is 22.5 Å². The van der Waals surface area contributed by atoms with E-state index in [2.05, 4.69) is 151 Å². The molecule has 4 nitrogen and oxygen atoms in total. The van der Waals surface area contributed by atoms with Crippen LogP contribution in [0.1, 0.15) is 25.0 Å². The highest BCUT2D eigenvalue weighted by atomic mass is 15.5. The van der Waals surface area contributed by atoms with Crippen LogP contribution in [-0.2, 0) is 0 Å². The van der Waals surface area contributed by atoms with Crippen LogP contribution in [0.25, 0.3) is 12.2 Å². The van der Waals surface area contributed by atoms with Gasteiger partial charge in [0.25, 0.3) is 0 Å². The number of hydrogen-bond acceptors (Lipinski definition) is 4. The van der Waals surface area contributed by atoms with Crippen molar-refractivity contribution in [2.75, 3.05) is 42.0 Å². The fourth-order valence-electron chi connectivity index (χ4n) is 4.23. The van der Waals surface area contributed by atoms with E-state index in [4.69, 9.17) is 0 Å². The van der Waals surface area contributed by atoms with Crippen molar-refractivity contribution in [3.63, 3.8) is 0 Å². The van der Waals surface area contributed by atoms with Gasteiger partial charge in [0.2, 0.25) is 0 Å². The second-order valence-corrected chi connectivity index (χ2v) is 8.87. The molecule has 0 amide bonds. The van der Waals surface area contributed by atoms with Gasteiger partial charge < -0.3 is 9.80 Å². The zero-order chi connectivity index (χ0) is 24.6. The summed E-state index contributed by atoms with van der Waals surface area (Å²) in [6, 6.07) is 28.0. The molecule has 1 N–H and O–H groups in total. The molecule has 0 spiro atoms. The lowest BCUT2D eigenvalue weighted by molar-refractivity contribution is 0.758. The Hall–Kier alpha value is -3.92. The van der Waals surface area contributed by atoms with Gasteiger partial charge in [0.05, 0.1) is 17.4 Å². The Bertz CT molecular complexity index is 1150. The van der Waals surface area contributed by atoms with Crippen molar-refractivity contribution in [3.05, 3.63) is 114 Å². The summed E-state index contributed by atoms with van der Waals surface area (Å²) in [5.41, 5.74) is 10.6. The molecule has 0 saturated carbocycles. The topological polar surface area (TPSA) is 21.8 Å².